The summed E-state index contributed by atoms with van der Waals surface area (Å²) in [5.41, 5.74) is 8.28. The molecule has 2 aromatic rings. The number of aliphatic hydroxyl groups is 1. The molecule has 2 atom stereocenters. The zero-order valence-corrected chi connectivity index (χ0v) is 12.7. The summed E-state index contributed by atoms with van der Waals surface area (Å²) < 4.78 is 0. The Kier molecular flexibility index (Phi) is 5.06. The van der Waals surface area contributed by atoms with E-state index < -0.39 is 6.10 Å². The van der Waals surface area contributed by atoms with Gasteiger partial charge in [0.25, 0.3) is 0 Å². The van der Waals surface area contributed by atoms with E-state index in [0.29, 0.717) is 15.6 Å². The average molecular weight is 310 g/mol. The molecular weight excluding hydrogens is 293 g/mol. The molecule has 0 bridgehead atoms. The molecule has 0 aliphatic heterocycles. The summed E-state index contributed by atoms with van der Waals surface area (Å²) in [4.78, 5) is 0. The maximum Gasteiger partial charge on any atom is 0.0885 e. The van der Waals surface area contributed by atoms with Gasteiger partial charge in [0.05, 0.1) is 6.10 Å². The molecule has 4 heteroatoms. The summed E-state index contributed by atoms with van der Waals surface area (Å²) in [6, 6.07) is 13.0. The largest absolute Gasteiger partial charge is 0.388 e. The number of hydrogen-bond acceptors (Lipinski definition) is 2. The Bertz CT molecular complexity index is 601. The van der Waals surface area contributed by atoms with Crippen LogP contribution in [0.1, 0.15) is 28.7 Å². The first-order valence-corrected chi connectivity index (χ1v) is 7.19. The SMILES string of the molecule is Cc1cccc(C(O)C(CN)c2ccccc2Cl)c1Cl. The predicted octanol–water partition coefficient (Wildman–Crippen LogP) is 4.08. The van der Waals surface area contributed by atoms with Gasteiger partial charge >= 0.3 is 0 Å². The molecule has 0 aliphatic carbocycles. The zero-order chi connectivity index (χ0) is 14.7. The fraction of sp³-hybridized carbons (Fsp3) is 0.250. The van der Waals surface area contributed by atoms with Gasteiger partial charge in [-0.25, -0.2) is 0 Å². The van der Waals surface area contributed by atoms with Crippen molar-refractivity contribution < 1.29 is 5.11 Å². The van der Waals surface area contributed by atoms with Gasteiger partial charge in [0.1, 0.15) is 0 Å². The number of nitrogens with two attached hydrogens (primary N) is 1. The molecule has 0 amide bonds. The van der Waals surface area contributed by atoms with Gasteiger partial charge in [-0.05, 0) is 24.1 Å². The van der Waals surface area contributed by atoms with Crippen molar-refractivity contribution in [1.29, 1.82) is 0 Å². The van der Waals surface area contributed by atoms with Crippen LogP contribution in [0.2, 0.25) is 10.0 Å². The minimum Gasteiger partial charge on any atom is -0.388 e. The fourth-order valence-corrected chi connectivity index (χ4v) is 2.83. The third-order valence-corrected chi connectivity index (χ3v) is 4.34. The van der Waals surface area contributed by atoms with Crippen LogP contribution in [-0.4, -0.2) is 11.7 Å². The second-order valence-electron chi connectivity index (χ2n) is 4.79. The molecule has 0 spiro atoms. The maximum absolute atomic E-state index is 10.6. The van der Waals surface area contributed by atoms with Crippen molar-refractivity contribution in [2.45, 2.75) is 18.9 Å². The standard InChI is InChI=1S/C16H17Cl2NO/c1-10-5-4-7-12(15(10)18)16(20)13(9-19)11-6-2-3-8-14(11)17/h2-8,13,16,20H,9,19H2,1H3. The molecule has 0 aliphatic rings. The quantitative estimate of drug-likeness (QED) is 0.894. The molecule has 0 saturated carbocycles. The van der Waals surface area contributed by atoms with Crippen molar-refractivity contribution in [3.05, 3.63) is 69.2 Å². The van der Waals surface area contributed by atoms with E-state index in [-0.39, 0.29) is 12.5 Å². The number of aliphatic hydroxyl groups excluding tert-OH is 1. The number of halogens is 2. The molecule has 3 N–H and O–H groups in total. The summed E-state index contributed by atoms with van der Waals surface area (Å²) in [5.74, 6) is -0.289. The Hall–Kier alpha value is -1.06. The Morgan fingerprint density at radius 3 is 2.35 bits per heavy atom. The molecule has 2 nitrogen and oxygen atoms in total. The number of benzene rings is 2. The van der Waals surface area contributed by atoms with Crippen LogP contribution in [-0.2, 0) is 0 Å². The Labute approximate surface area is 129 Å². The molecule has 20 heavy (non-hydrogen) atoms. The minimum absolute atomic E-state index is 0.287. The van der Waals surface area contributed by atoms with Gasteiger partial charge in [-0.2, -0.15) is 0 Å². The molecule has 2 rings (SSSR count). The van der Waals surface area contributed by atoms with Crippen LogP contribution in [0.3, 0.4) is 0 Å². The first kappa shape index (κ1) is 15.3. The van der Waals surface area contributed by atoms with Gasteiger partial charge in [-0.3, -0.25) is 0 Å². The molecule has 0 saturated heterocycles. The first-order chi connectivity index (χ1) is 9.56. The molecule has 2 aromatic carbocycles. The van der Waals surface area contributed by atoms with Gasteiger partial charge in [-0.15, -0.1) is 0 Å². The van der Waals surface area contributed by atoms with Crippen LogP contribution in [0.25, 0.3) is 0 Å². The normalized spacial score (nSPS) is 14.1. The molecule has 0 fully saturated rings. The molecule has 0 aromatic heterocycles. The highest BCUT2D eigenvalue weighted by Crippen LogP contribution is 2.37. The maximum atomic E-state index is 10.6. The van der Waals surface area contributed by atoms with Gasteiger partial charge in [0.15, 0.2) is 0 Å². The van der Waals surface area contributed by atoms with Crippen LogP contribution in [0, 0.1) is 6.92 Å². The number of aryl methyl sites for hydroxylation is 1. The van der Waals surface area contributed by atoms with E-state index in [2.05, 4.69) is 0 Å². The van der Waals surface area contributed by atoms with Gasteiger partial charge < -0.3 is 10.8 Å². The van der Waals surface area contributed by atoms with Crippen molar-refractivity contribution in [2.75, 3.05) is 6.54 Å². The highest BCUT2D eigenvalue weighted by Gasteiger charge is 2.25. The Morgan fingerprint density at radius 1 is 1.05 bits per heavy atom. The lowest BCUT2D eigenvalue weighted by Gasteiger charge is -2.24. The summed E-state index contributed by atoms with van der Waals surface area (Å²) in [6.07, 6.45) is -0.785. The smallest absolute Gasteiger partial charge is 0.0885 e. The predicted molar refractivity (Wildman–Crippen MR) is 84.4 cm³/mol. The van der Waals surface area contributed by atoms with Gasteiger partial charge in [0, 0.05) is 28.1 Å². The van der Waals surface area contributed by atoms with E-state index in [1.54, 1.807) is 6.07 Å². The number of hydrogen-bond donors (Lipinski definition) is 2. The summed E-state index contributed by atoms with van der Waals surface area (Å²) in [6.45, 7) is 2.20. The summed E-state index contributed by atoms with van der Waals surface area (Å²) in [5, 5.41) is 11.8. The van der Waals surface area contributed by atoms with E-state index in [1.807, 2.05) is 43.3 Å². The van der Waals surface area contributed by atoms with Gasteiger partial charge in [-0.1, -0.05) is 59.6 Å². The fourth-order valence-electron chi connectivity index (χ4n) is 2.32. The Balaban J connectivity index is 2.42. The van der Waals surface area contributed by atoms with Crippen LogP contribution in [0.4, 0.5) is 0 Å². The second kappa shape index (κ2) is 6.59. The summed E-state index contributed by atoms with van der Waals surface area (Å²) >= 11 is 12.5. The van der Waals surface area contributed by atoms with E-state index >= 15 is 0 Å². The lowest BCUT2D eigenvalue weighted by molar-refractivity contribution is 0.147. The van der Waals surface area contributed by atoms with Crippen molar-refractivity contribution in [1.82, 2.24) is 0 Å². The lowest BCUT2D eigenvalue weighted by atomic mass is 9.88. The molecule has 2 unspecified atom stereocenters. The molecule has 106 valence electrons. The molecule has 0 radical (unpaired) electrons. The molecular formula is C16H17Cl2NO. The topological polar surface area (TPSA) is 46.2 Å². The van der Waals surface area contributed by atoms with Crippen LogP contribution in [0.5, 0.6) is 0 Å². The van der Waals surface area contributed by atoms with Crippen molar-refractivity contribution >= 4 is 23.2 Å². The average Bonchev–Trinajstić information content (AvgIpc) is 2.44. The lowest BCUT2D eigenvalue weighted by Crippen LogP contribution is -2.21. The van der Waals surface area contributed by atoms with E-state index in [4.69, 9.17) is 28.9 Å². The third kappa shape index (κ3) is 2.99. The van der Waals surface area contributed by atoms with Crippen molar-refractivity contribution in [3.63, 3.8) is 0 Å². The van der Waals surface area contributed by atoms with Crippen LogP contribution in [0.15, 0.2) is 42.5 Å². The highest BCUT2D eigenvalue weighted by molar-refractivity contribution is 6.32. The molecule has 0 heterocycles. The van der Waals surface area contributed by atoms with Crippen LogP contribution < -0.4 is 5.73 Å². The van der Waals surface area contributed by atoms with Crippen LogP contribution >= 0.6 is 23.2 Å². The zero-order valence-electron chi connectivity index (χ0n) is 11.2. The van der Waals surface area contributed by atoms with E-state index in [0.717, 1.165) is 11.1 Å². The van der Waals surface area contributed by atoms with Crippen molar-refractivity contribution in [3.8, 4) is 0 Å². The summed E-state index contributed by atoms with van der Waals surface area (Å²) in [7, 11) is 0. The monoisotopic (exact) mass is 309 g/mol. The highest BCUT2D eigenvalue weighted by atomic mass is 35.5. The second-order valence-corrected chi connectivity index (χ2v) is 5.57. The third-order valence-electron chi connectivity index (χ3n) is 3.48. The Morgan fingerprint density at radius 2 is 1.70 bits per heavy atom. The van der Waals surface area contributed by atoms with Gasteiger partial charge in [0.2, 0.25) is 0 Å². The van der Waals surface area contributed by atoms with E-state index in [9.17, 15) is 5.11 Å². The number of rotatable bonds is 4. The first-order valence-electron chi connectivity index (χ1n) is 6.43. The van der Waals surface area contributed by atoms with E-state index in [1.165, 1.54) is 0 Å². The minimum atomic E-state index is -0.785. The van der Waals surface area contributed by atoms with Crippen molar-refractivity contribution in [2.24, 2.45) is 5.73 Å².